The maximum absolute atomic E-state index is 9.69. The van der Waals surface area contributed by atoms with Crippen LogP contribution in [-0.2, 0) is 75.0 Å². The van der Waals surface area contributed by atoms with Gasteiger partial charge in [0.05, 0.1) is 0 Å². The zero-order valence-corrected chi connectivity index (χ0v) is 13.2. The molecule has 0 rings (SSSR count). The second kappa shape index (κ2) is 18.1. The maximum Gasteiger partial charge on any atom is 0.0475 e. The molecule has 0 unspecified atom stereocenters. The molecule has 0 aromatic rings. The van der Waals surface area contributed by atoms with E-state index in [1.807, 2.05) is 0 Å². The number of carbonyl (C=O) groups excluding carboxylic acids is 2. The van der Waals surface area contributed by atoms with Gasteiger partial charge in [0.1, 0.15) is 0 Å². The minimum atomic E-state index is 0. The monoisotopic (exact) mass is 324 g/mol. The van der Waals surface area contributed by atoms with Gasteiger partial charge < -0.3 is 21.1 Å². The first-order valence-electron chi connectivity index (χ1n) is 2.80. The molecule has 6 heteroatoms. The van der Waals surface area contributed by atoms with Gasteiger partial charge in [-0.2, -0.15) is 0 Å². The number of carbonyl (C=O) groups is 2. The van der Waals surface area contributed by atoms with Crippen LogP contribution in [0.1, 0.15) is 13.8 Å². The van der Waals surface area contributed by atoms with Crippen molar-refractivity contribution in [2.45, 2.75) is 13.8 Å². The third-order valence-corrected chi connectivity index (χ3v) is 0.575. The second-order valence-corrected chi connectivity index (χ2v) is 1.63. The minimum Gasteiger partial charge on any atom is -0.466 e. The molecule has 0 saturated carbocycles. The molecule has 4 nitrogen and oxygen atoms in total. The smallest absolute Gasteiger partial charge is 0.0475 e. The van der Waals surface area contributed by atoms with Gasteiger partial charge in [0, 0.05) is 77.0 Å². The van der Waals surface area contributed by atoms with E-state index in [0.29, 0.717) is 0 Å². The molecule has 0 aliphatic rings. The normalized spacial score (nSPS) is 5.67. The first kappa shape index (κ1) is 23.2. The Morgan fingerprint density at radius 3 is 1.00 bits per heavy atom. The largest absolute Gasteiger partial charge is 0.466 e. The number of Topliss-reactive ketones (excluding diaryl/α,β-unsaturated/α-hetero) is 2. The maximum atomic E-state index is 9.69. The molecule has 2 radical (unpaired) electrons. The second-order valence-electron chi connectivity index (χ2n) is 1.63. The third-order valence-electron chi connectivity index (χ3n) is 0.575. The van der Waals surface area contributed by atoms with E-state index in [1.165, 1.54) is 26.9 Å². The van der Waals surface area contributed by atoms with Crippen LogP contribution in [0.25, 0.3) is 0 Å². The summed E-state index contributed by atoms with van der Waals surface area (Å²) in [6.45, 7) is 5.49. The van der Waals surface area contributed by atoms with Crippen LogP contribution in [0.4, 0.5) is 0 Å². The van der Waals surface area contributed by atoms with Gasteiger partial charge in [-0.05, 0) is 13.8 Å². The SMILES string of the molecule is CC(=O)[CH-][NH3+].CC(=O)[CH-][NH3+].[Y].[Y]. The van der Waals surface area contributed by atoms with E-state index in [1.54, 1.807) is 0 Å². The van der Waals surface area contributed by atoms with E-state index in [9.17, 15) is 9.59 Å². The molecule has 12 heavy (non-hydrogen) atoms. The number of rotatable bonds is 2. The van der Waals surface area contributed by atoms with Crippen molar-refractivity contribution in [3.63, 3.8) is 0 Å². The molecule has 0 spiro atoms. The summed E-state index contributed by atoms with van der Waals surface area (Å²) in [5, 5.41) is 0. The van der Waals surface area contributed by atoms with Crippen LogP contribution in [0.2, 0.25) is 0 Å². The van der Waals surface area contributed by atoms with E-state index < -0.39 is 0 Å². The Morgan fingerprint density at radius 1 is 0.917 bits per heavy atom. The van der Waals surface area contributed by atoms with Crippen LogP contribution < -0.4 is 11.5 Å². The van der Waals surface area contributed by atoms with Gasteiger partial charge >= 0.3 is 0 Å². The molecule has 0 heterocycles. The van der Waals surface area contributed by atoms with Crippen molar-refractivity contribution in [2.24, 2.45) is 0 Å². The Kier molecular flexibility index (Phi) is 35.0. The molecule has 0 fully saturated rings. The molecule has 0 aromatic heterocycles. The molecule has 0 aliphatic heterocycles. The minimum absolute atomic E-state index is 0. The standard InChI is InChI=1S/2C3H7NO.2Y/c2*1-3(5)2-4;;/h2*2H,1,4H3;;. The summed E-state index contributed by atoms with van der Waals surface area (Å²) in [7, 11) is 0. The van der Waals surface area contributed by atoms with E-state index in [4.69, 9.17) is 0 Å². The van der Waals surface area contributed by atoms with Crippen molar-refractivity contribution < 1.29 is 86.5 Å². The number of hydrogen-bond donors (Lipinski definition) is 2. The molecule has 0 aliphatic carbocycles. The Morgan fingerprint density at radius 2 is 1.00 bits per heavy atom. The van der Waals surface area contributed by atoms with Crippen molar-refractivity contribution in [1.29, 1.82) is 0 Å². The van der Waals surface area contributed by atoms with E-state index in [0.717, 1.165) is 0 Å². The summed E-state index contributed by atoms with van der Waals surface area (Å²) < 4.78 is 0. The third kappa shape index (κ3) is 43.1. The Labute approximate surface area is 123 Å². The zero-order chi connectivity index (χ0) is 8.57. The van der Waals surface area contributed by atoms with Crippen LogP contribution in [0, 0.1) is 13.1 Å². The van der Waals surface area contributed by atoms with Crippen LogP contribution in [0.3, 0.4) is 0 Å². The van der Waals surface area contributed by atoms with Crippen LogP contribution >= 0.6 is 0 Å². The van der Waals surface area contributed by atoms with Crippen molar-refractivity contribution >= 4 is 11.6 Å². The van der Waals surface area contributed by atoms with Gasteiger partial charge in [0.15, 0.2) is 0 Å². The molecule has 0 atom stereocenters. The van der Waals surface area contributed by atoms with Gasteiger partial charge in [-0.3, -0.25) is 0 Å². The average molecular weight is 324 g/mol. The topological polar surface area (TPSA) is 89.4 Å². The molecule has 0 bridgehead atoms. The average Bonchev–Trinajstić information content (AvgIpc) is 1.89. The van der Waals surface area contributed by atoms with E-state index in [-0.39, 0.29) is 77.0 Å². The Hall–Kier alpha value is 1.21. The number of hydrogen-bond acceptors (Lipinski definition) is 2. The first-order chi connectivity index (χ1) is 4.54. The summed E-state index contributed by atoms with van der Waals surface area (Å²) in [5.41, 5.74) is 6.42. The van der Waals surface area contributed by atoms with Gasteiger partial charge in [0.2, 0.25) is 0 Å². The van der Waals surface area contributed by atoms with Gasteiger partial charge in [0.25, 0.3) is 0 Å². The van der Waals surface area contributed by atoms with Crippen molar-refractivity contribution in [2.75, 3.05) is 0 Å². The molecule has 0 amide bonds. The van der Waals surface area contributed by atoms with Crippen LogP contribution in [0.5, 0.6) is 0 Å². The summed E-state index contributed by atoms with van der Waals surface area (Å²) in [4.78, 5) is 19.4. The summed E-state index contributed by atoms with van der Waals surface area (Å²) in [6.07, 6.45) is 0. The summed E-state index contributed by atoms with van der Waals surface area (Å²) in [6, 6.07) is 0. The van der Waals surface area contributed by atoms with Gasteiger partial charge in [-0.25, -0.2) is 0 Å². The molecule has 6 N–H and O–H groups in total. The molecule has 0 saturated heterocycles. The van der Waals surface area contributed by atoms with E-state index in [2.05, 4.69) is 11.5 Å². The predicted octanol–water partition coefficient (Wildman–Crippen LogP) is -2.05. The summed E-state index contributed by atoms with van der Waals surface area (Å²) in [5.74, 6) is 0.0370. The van der Waals surface area contributed by atoms with E-state index >= 15 is 0 Å². The van der Waals surface area contributed by atoms with Crippen molar-refractivity contribution in [3.05, 3.63) is 13.1 Å². The van der Waals surface area contributed by atoms with Crippen molar-refractivity contribution in [3.8, 4) is 0 Å². The first-order valence-corrected chi connectivity index (χ1v) is 2.80. The summed E-state index contributed by atoms with van der Waals surface area (Å²) >= 11 is 0. The fourth-order valence-corrected chi connectivity index (χ4v) is 0. The van der Waals surface area contributed by atoms with Crippen molar-refractivity contribution in [1.82, 2.24) is 0 Å². The van der Waals surface area contributed by atoms with Crippen LogP contribution in [-0.4, -0.2) is 11.6 Å². The Bertz CT molecular complexity index is 106. The fourth-order valence-electron chi connectivity index (χ4n) is 0. The molecule has 66 valence electrons. The fraction of sp³-hybridized carbons (Fsp3) is 0.333. The zero-order valence-electron chi connectivity index (χ0n) is 7.54. The molecular formula is C6H14N2O2Y2. The molecule has 0 aromatic carbocycles. The van der Waals surface area contributed by atoms with Crippen LogP contribution in [0.15, 0.2) is 0 Å². The van der Waals surface area contributed by atoms with Gasteiger partial charge in [-0.1, -0.05) is 0 Å². The predicted molar refractivity (Wildman–Crippen MR) is 35.7 cm³/mol. The number of quaternary nitrogens is 2. The number of ketones is 2. The molecular weight excluding hydrogens is 310 g/mol. The quantitative estimate of drug-likeness (QED) is 0.573. The Balaban J connectivity index is -0.0000000457. The van der Waals surface area contributed by atoms with Gasteiger partial charge in [-0.15, -0.1) is 13.1 Å².